The zero-order valence-electron chi connectivity index (χ0n) is 14.2. The largest absolute Gasteiger partial charge is 0.382 e. The summed E-state index contributed by atoms with van der Waals surface area (Å²) in [5.74, 6) is 0.272. The number of thioether (sulfide) groups is 1. The standard InChI is InChI=1S/C18H24N2O3S/c1-3-20-15-9-6-5-8-14(15)16(12-18(20)22)24-13-17(21)19-10-7-11-23-4-2/h5-6,8-9,12H,3-4,7,10-11,13H2,1-2H3,(H,19,21). The molecule has 1 aromatic heterocycles. The summed E-state index contributed by atoms with van der Waals surface area (Å²) in [6.45, 7) is 6.49. The summed E-state index contributed by atoms with van der Waals surface area (Å²) in [6.07, 6.45) is 0.805. The Kier molecular flexibility index (Phi) is 7.34. The first-order valence-corrected chi connectivity index (χ1v) is 9.25. The van der Waals surface area contributed by atoms with Crippen LogP contribution in [-0.2, 0) is 16.1 Å². The van der Waals surface area contributed by atoms with Gasteiger partial charge in [-0.25, -0.2) is 0 Å². The molecule has 6 heteroatoms. The number of carbonyl (C=O) groups is 1. The van der Waals surface area contributed by atoms with Gasteiger partial charge in [-0.15, -0.1) is 11.8 Å². The van der Waals surface area contributed by atoms with Crippen LogP contribution >= 0.6 is 11.8 Å². The van der Waals surface area contributed by atoms with Gasteiger partial charge in [0.25, 0.3) is 5.56 Å². The van der Waals surface area contributed by atoms with Gasteiger partial charge < -0.3 is 14.6 Å². The summed E-state index contributed by atoms with van der Waals surface area (Å²) in [7, 11) is 0. The first-order valence-electron chi connectivity index (χ1n) is 8.27. The Morgan fingerprint density at radius 1 is 1.29 bits per heavy atom. The second-order valence-corrected chi connectivity index (χ2v) is 6.31. The molecule has 1 amide bonds. The van der Waals surface area contributed by atoms with E-state index in [4.69, 9.17) is 4.74 Å². The molecule has 0 radical (unpaired) electrons. The number of benzene rings is 1. The van der Waals surface area contributed by atoms with Gasteiger partial charge in [-0.05, 0) is 26.3 Å². The topological polar surface area (TPSA) is 60.3 Å². The minimum Gasteiger partial charge on any atom is -0.382 e. The molecule has 0 aliphatic rings. The number of aryl methyl sites for hydroxylation is 1. The molecule has 0 atom stereocenters. The summed E-state index contributed by atoms with van der Waals surface area (Å²) in [5, 5.41) is 3.88. The van der Waals surface area contributed by atoms with Gasteiger partial charge in [-0.1, -0.05) is 18.2 Å². The number of carbonyl (C=O) groups excluding carboxylic acids is 1. The fourth-order valence-electron chi connectivity index (χ4n) is 2.49. The van der Waals surface area contributed by atoms with Crippen LogP contribution in [0.3, 0.4) is 0 Å². The second kappa shape index (κ2) is 9.49. The highest BCUT2D eigenvalue weighted by Crippen LogP contribution is 2.26. The van der Waals surface area contributed by atoms with Crippen LogP contribution in [0.15, 0.2) is 40.0 Å². The van der Waals surface area contributed by atoms with E-state index in [1.54, 1.807) is 10.6 Å². The summed E-state index contributed by atoms with van der Waals surface area (Å²) in [6, 6.07) is 9.43. The average Bonchev–Trinajstić information content (AvgIpc) is 2.59. The quantitative estimate of drug-likeness (QED) is 0.559. The average molecular weight is 348 g/mol. The molecule has 0 aliphatic heterocycles. The van der Waals surface area contributed by atoms with Crippen LogP contribution in [0.25, 0.3) is 10.9 Å². The van der Waals surface area contributed by atoms with Gasteiger partial charge in [0.05, 0.1) is 11.3 Å². The summed E-state index contributed by atoms with van der Waals surface area (Å²) >= 11 is 1.40. The molecule has 130 valence electrons. The Morgan fingerprint density at radius 2 is 2.08 bits per heavy atom. The van der Waals surface area contributed by atoms with Crippen molar-refractivity contribution in [2.75, 3.05) is 25.5 Å². The van der Waals surface area contributed by atoms with Crippen molar-refractivity contribution in [2.45, 2.75) is 31.7 Å². The van der Waals surface area contributed by atoms with E-state index >= 15 is 0 Å². The van der Waals surface area contributed by atoms with E-state index in [0.29, 0.717) is 32.1 Å². The van der Waals surface area contributed by atoms with Gasteiger partial charge in [-0.3, -0.25) is 9.59 Å². The SMILES string of the molecule is CCOCCCNC(=O)CSc1cc(=O)n(CC)c2ccccc12. The molecule has 0 saturated heterocycles. The smallest absolute Gasteiger partial charge is 0.252 e. The minimum absolute atomic E-state index is 0.0275. The maximum absolute atomic E-state index is 12.2. The number of ether oxygens (including phenoxy) is 1. The van der Waals surface area contributed by atoms with Crippen LogP contribution in [-0.4, -0.2) is 36.0 Å². The number of pyridine rings is 1. The van der Waals surface area contributed by atoms with Crippen LogP contribution in [0, 0.1) is 0 Å². The third-order valence-electron chi connectivity index (χ3n) is 3.65. The molecule has 0 unspecified atom stereocenters. The van der Waals surface area contributed by atoms with Crippen LogP contribution < -0.4 is 10.9 Å². The molecule has 1 N–H and O–H groups in total. The molecular weight excluding hydrogens is 324 g/mol. The van der Waals surface area contributed by atoms with Gasteiger partial charge in [0.2, 0.25) is 5.91 Å². The molecule has 0 fully saturated rings. The molecule has 0 bridgehead atoms. The molecule has 1 aromatic carbocycles. The molecular formula is C18H24N2O3S. The fourth-order valence-corrected chi connectivity index (χ4v) is 3.39. The first-order chi connectivity index (χ1) is 11.7. The van der Waals surface area contributed by atoms with Crippen molar-refractivity contribution < 1.29 is 9.53 Å². The highest BCUT2D eigenvalue weighted by atomic mass is 32.2. The molecule has 5 nitrogen and oxygen atoms in total. The van der Waals surface area contributed by atoms with Crippen molar-refractivity contribution in [1.29, 1.82) is 0 Å². The number of fused-ring (bicyclic) bond motifs is 1. The number of amides is 1. The predicted molar refractivity (Wildman–Crippen MR) is 98.7 cm³/mol. The van der Waals surface area contributed by atoms with E-state index in [-0.39, 0.29) is 11.5 Å². The number of nitrogens with one attached hydrogen (secondary N) is 1. The Hall–Kier alpha value is -1.79. The predicted octanol–water partition coefficient (Wildman–Crippen LogP) is 2.66. The van der Waals surface area contributed by atoms with Crippen molar-refractivity contribution in [2.24, 2.45) is 0 Å². The maximum atomic E-state index is 12.2. The van der Waals surface area contributed by atoms with E-state index < -0.39 is 0 Å². The number of aromatic nitrogens is 1. The molecule has 0 saturated carbocycles. The lowest BCUT2D eigenvalue weighted by molar-refractivity contribution is -0.118. The Labute approximate surface area is 146 Å². The number of hydrogen-bond donors (Lipinski definition) is 1. The lowest BCUT2D eigenvalue weighted by Gasteiger charge is -2.11. The van der Waals surface area contributed by atoms with Gasteiger partial charge in [0.15, 0.2) is 0 Å². The lowest BCUT2D eigenvalue weighted by atomic mass is 10.2. The summed E-state index contributed by atoms with van der Waals surface area (Å²) < 4.78 is 6.98. The highest BCUT2D eigenvalue weighted by molar-refractivity contribution is 8.00. The van der Waals surface area contributed by atoms with Crippen LogP contribution in [0.2, 0.25) is 0 Å². The first kappa shape index (κ1) is 18.5. The molecule has 2 aromatic rings. The van der Waals surface area contributed by atoms with Crippen molar-refractivity contribution >= 4 is 28.6 Å². The molecule has 0 aliphatic carbocycles. The van der Waals surface area contributed by atoms with E-state index in [1.807, 2.05) is 38.1 Å². The van der Waals surface area contributed by atoms with Crippen LogP contribution in [0.4, 0.5) is 0 Å². The lowest BCUT2D eigenvalue weighted by Crippen LogP contribution is -2.27. The van der Waals surface area contributed by atoms with Crippen molar-refractivity contribution in [3.8, 4) is 0 Å². The van der Waals surface area contributed by atoms with E-state index in [1.165, 1.54) is 11.8 Å². The van der Waals surface area contributed by atoms with Crippen molar-refractivity contribution in [3.63, 3.8) is 0 Å². The van der Waals surface area contributed by atoms with Crippen molar-refractivity contribution in [1.82, 2.24) is 9.88 Å². The number of rotatable bonds is 9. The number of nitrogens with zero attached hydrogens (tertiary/aromatic N) is 1. The highest BCUT2D eigenvalue weighted by Gasteiger charge is 2.10. The van der Waals surface area contributed by atoms with Crippen LogP contribution in [0.5, 0.6) is 0 Å². The van der Waals surface area contributed by atoms with Gasteiger partial charge in [0, 0.05) is 42.7 Å². The Morgan fingerprint density at radius 3 is 2.83 bits per heavy atom. The van der Waals surface area contributed by atoms with Crippen molar-refractivity contribution in [3.05, 3.63) is 40.7 Å². The Bertz CT molecular complexity index is 743. The number of para-hydroxylation sites is 1. The summed E-state index contributed by atoms with van der Waals surface area (Å²) in [4.78, 5) is 25.0. The molecule has 24 heavy (non-hydrogen) atoms. The Balaban J connectivity index is 2.00. The zero-order chi connectivity index (χ0) is 17.4. The molecule has 2 rings (SSSR count). The van der Waals surface area contributed by atoms with E-state index in [9.17, 15) is 9.59 Å². The summed E-state index contributed by atoms with van der Waals surface area (Å²) in [5.41, 5.74) is 0.878. The zero-order valence-corrected chi connectivity index (χ0v) is 15.0. The molecule has 0 spiro atoms. The van der Waals surface area contributed by atoms with Crippen LogP contribution in [0.1, 0.15) is 20.3 Å². The molecule has 1 heterocycles. The minimum atomic E-state index is -0.0316. The maximum Gasteiger partial charge on any atom is 0.252 e. The number of hydrogen-bond acceptors (Lipinski definition) is 4. The van der Waals surface area contributed by atoms with E-state index in [0.717, 1.165) is 22.2 Å². The van der Waals surface area contributed by atoms with Gasteiger partial charge in [0.1, 0.15) is 0 Å². The second-order valence-electron chi connectivity index (χ2n) is 5.30. The van der Waals surface area contributed by atoms with Gasteiger partial charge >= 0.3 is 0 Å². The third kappa shape index (κ3) is 4.85. The third-order valence-corrected chi connectivity index (χ3v) is 4.70. The fraction of sp³-hybridized carbons (Fsp3) is 0.444. The van der Waals surface area contributed by atoms with E-state index in [2.05, 4.69) is 5.32 Å². The van der Waals surface area contributed by atoms with Gasteiger partial charge in [-0.2, -0.15) is 0 Å². The monoisotopic (exact) mass is 348 g/mol. The normalized spacial score (nSPS) is 10.9.